The summed E-state index contributed by atoms with van der Waals surface area (Å²) in [4.78, 5) is 0. The van der Waals surface area contributed by atoms with Gasteiger partial charge in [-0.1, -0.05) is 35.9 Å². The van der Waals surface area contributed by atoms with Gasteiger partial charge in [0.25, 0.3) is 0 Å². The van der Waals surface area contributed by atoms with Crippen molar-refractivity contribution >= 4 is 22.5 Å². The molecule has 3 aromatic rings. The first-order valence-electron chi connectivity index (χ1n) is 10.6. The Kier molecular flexibility index (Phi) is 6.88. The number of benzene rings is 2. The van der Waals surface area contributed by atoms with E-state index >= 15 is 0 Å². The highest BCUT2D eigenvalue weighted by Gasteiger charge is 2.44. The van der Waals surface area contributed by atoms with Crippen LogP contribution >= 0.6 is 11.6 Å². The van der Waals surface area contributed by atoms with E-state index in [4.69, 9.17) is 21.4 Å². The molecule has 1 aliphatic rings. The van der Waals surface area contributed by atoms with E-state index in [9.17, 15) is 20.4 Å². The Hall–Kier alpha value is -1.97. The fraction of sp³-hybridized carbons (Fsp3) is 0.417. The zero-order chi connectivity index (χ0) is 23.0. The predicted molar refractivity (Wildman–Crippen MR) is 121 cm³/mol. The molecular weight excluding hydrogens is 434 g/mol. The summed E-state index contributed by atoms with van der Waals surface area (Å²) in [6, 6.07) is 11.7. The number of ether oxygens (including phenoxy) is 1. The van der Waals surface area contributed by atoms with Crippen molar-refractivity contribution < 1.29 is 30.3 Å². The van der Waals surface area contributed by atoms with Crippen LogP contribution in [0, 0.1) is 6.92 Å². The van der Waals surface area contributed by atoms with Crippen molar-refractivity contribution in [2.45, 2.75) is 50.4 Å². The lowest BCUT2D eigenvalue weighted by atomic mass is 9.91. The Bertz CT molecular complexity index is 1080. The lowest BCUT2D eigenvalue weighted by Gasteiger charge is -2.40. The number of halogens is 1. The number of aromatic nitrogens is 1. The Morgan fingerprint density at radius 1 is 0.969 bits per heavy atom. The van der Waals surface area contributed by atoms with Crippen LogP contribution in [0.15, 0.2) is 42.6 Å². The summed E-state index contributed by atoms with van der Waals surface area (Å²) >= 11 is 6.62. The summed E-state index contributed by atoms with van der Waals surface area (Å²) in [7, 11) is 0. The molecule has 0 amide bonds. The second-order valence-corrected chi connectivity index (χ2v) is 8.80. The van der Waals surface area contributed by atoms with Gasteiger partial charge < -0.3 is 34.8 Å². The third-order valence-electron chi connectivity index (χ3n) is 6.08. The molecule has 0 radical (unpaired) electrons. The number of aliphatic hydroxyl groups excluding tert-OH is 5. The molecule has 0 unspecified atom stereocenters. The van der Waals surface area contributed by atoms with E-state index in [1.807, 2.05) is 54.1 Å². The van der Waals surface area contributed by atoms with Gasteiger partial charge in [-0.05, 0) is 42.2 Å². The third-order valence-corrected chi connectivity index (χ3v) is 6.36. The number of aryl methyl sites for hydroxylation is 1. The van der Waals surface area contributed by atoms with Crippen molar-refractivity contribution in [3.05, 3.63) is 69.9 Å². The standard InChI is InChI=1S/C24H28ClNO6/c1-13-8-16-17(24-23(31)22(30)21(29)19(12-28)32-24)11-26(20(16)18(25)9-13)10-15-4-2-14(3-5-15)6-7-27/h2-5,8-9,11,19,21-24,27-31H,6-7,10,12H2,1H3/t19-,21-,22+,23-,24+/m1/s1. The quantitative estimate of drug-likeness (QED) is 0.381. The van der Waals surface area contributed by atoms with Gasteiger partial charge in [0.05, 0.1) is 17.1 Å². The normalized spacial score (nSPS) is 26.0. The molecule has 0 bridgehead atoms. The van der Waals surface area contributed by atoms with Crippen molar-refractivity contribution in [1.82, 2.24) is 4.57 Å². The van der Waals surface area contributed by atoms with E-state index in [0.29, 0.717) is 23.6 Å². The molecule has 8 heteroatoms. The van der Waals surface area contributed by atoms with Crippen LogP contribution in [-0.2, 0) is 17.7 Å². The second-order valence-electron chi connectivity index (χ2n) is 8.39. The maximum absolute atomic E-state index is 10.7. The van der Waals surface area contributed by atoms with E-state index in [0.717, 1.165) is 27.6 Å². The molecule has 2 aromatic carbocycles. The highest BCUT2D eigenvalue weighted by atomic mass is 35.5. The monoisotopic (exact) mass is 461 g/mol. The average Bonchev–Trinajstić information content (AvgIpc) is 3.12. The van der Waals surface area contributed by atoms with Gasteiger partial charge >= 0.3 is 0 Å². The first-order valence-corrected chi connectivity index (χ1v) is 11.0. The van der Waals surface area contributed by atoms with Gasteiger partial charge in [0.2, 0.25) is 0 Å². The number of hydrogen-bond donors (Lipinski definition) is 5. The molecule has 0 saturated carbocycles. The fourth-order valence-electron chi connectivity index (χ4n) is 4.40. The van der Waals surface area contributed by atoms with Gasteiger partial charge in [-0.25, -0.2) is 0 Å². The molecule has 1 fully saturated rings. The van der Waals surface area contributed by atoms with Gasteiger partial charge in [0, 0.05) is 30.3 Å². The van der Waals surface area contributed by atoms with Crippen LogP contribution < -0.4 is 0 Å². The molecule has 5 N–H and O–H groups in total. The fourth-order valence-corrected chi connectivity index (χ4v) is 4.78. The van der Waals surface area contributed by atoms with Gasteiger partial charge in [0.15, 0.2) is 0 Å². The van der Waals surface area contributed by atoms with Crippen LogP contribution in [0.2, 0.25) is 5.02 Å². The molecule has 2 heterocycles. The van der Waals surface area contributed by atoms with E-state index in [2.05, 4.69) is 0 Å². The van der Waals surface area contributed by atoms with Crippen LogP contribution in [0.5, 0.6) is 0 Å². The van der Waals surface area contributed by atoms with Crippen LogP contribution in [0.3, 0.4) is 0 Å². The molecule has 1 saturated heterocycles. The molecular formula is C24H28ClNO6. The minimum Gasteiger partial charge on any atom is -0.396 e. The number of nitrogens with zero attached hydrogens (tertiary/aromatic N) is 1. The van der Waals surface area contributed by atoms with Gasteiger partial charge in [-0.3, -0.25) is 0 Å². The van der Waals surface area contributed by atoms with Crippen LogP contribution in [0.1, 0.15) is 28.4 Å². The Morgan fingerprint density at radius 3 is 2.31 bits per heavy atom. The van der Waals surface area contributed by atoms with E-state index in [-0.39, 0.29) is 6.61 Å². The predicted octanol–water partition coefficient (Wildman–Crippen LogP) is 1.70. The summed E-state index contributed by atoms with van der Waals surface area (Å²) in [5, 5.41) is 51.1. The summed E-state index contributed by atoms with van der Waals surface area (Å²) < 4.78 is 7.79. The van der Waals surface area contributed by atoms with E-state index < -0.39 is 37.1 Å². The number of fused-ring (bicyclic) bond motifs is 1. The lowest BCUT2D eigenvalue weighted by molar-refractivity contribution is -0.231. The van der Waals surface area contributed by atoms with Crippen molar-refractivity contribution in [3.63, 3.8) is 0 Å². The SMILES string of the molecule is Cc1cc(Cl)c2c(c1)c([C@@H]1O[C@H](CO)[C@@H](O)[C@H](O)[C@H]1O)cn2Cc1ccc(CCO)cc1. The third kappa shape index (κ3) is 4.30. The van der Waals surface area contributed by atoms with Crippen molar-refractivity contribution in [3.8, 4) is 0 Å². The lowest BCUT2D eigenvalue weighted by Crippen LogP contribution is -2.55. The van der Waals surface area contributed by atoms with Crippen molar-refractivity contribution in [1.29, 1.82) is 0 Å². The van der Waals surface area contributed by atoms with Crippen molar-refractivity contribution in [2.75, 3.05) is 13.2 Å². The Labute approximate surface area is 191 Å². The molecule has 0 aliphatic carbocycles. The molecule has 4 rings (SSSR count). The zero-order valence-electron chi connectivity index (χ0n) is 17.7. The average molecular weight is 462 g/mol. The number of rotatable bonds is 6. The molecule has 1 aromatic heterocycles. The van der Waals surface area contributed by atoms with Crippen LogP contribution in [0.25, 0.3) is 10.9 Å². The number of aliphatic hydroxyl groups is 5. The Balaban J connectivity index is 1.77. The molecule has 172 valence electrons. The summed E-state index contributed by atoms with van der Waals surface area (Å²) in [6.07, 6.45) is -3.74. The minimum atomic E-state index is -1.45. The van der Waals surface area contributed by atoms with Gasteiger partial charge in [0.1, 0.15) is 30.5 Å². The van der Waals surface area contributed by atoms with Crippen LogP contribution in [-0.4, -0.2) is 67.7 Å². The maximum Gasteiger partial charge on any atom is 0.114 e. The largest absolute Gasteiger partial charge is 0.396 e. The maximum atomic E-state index is 10.7. The van der Waals surface area contributed by atoms with E-state index in [1.54, 1.807) is 0 Å². The Morgan fingerprint density at radius 2 is 1.66 bits per heavy atom. The minimum absolute atomic E-state index is 0.0962. The molecule has 1 aliphatic heterocycles. The summed E-state index contributed by atoms with van der Waals surface area (Å²) in [5.74, 6) is 0. The van der Waals surface area contributed by atoms with Crippen molar-refractivity contribution in [2.24, 2.45) is 0 Å². The smallest absolute Gasteiger partial charge is 0.114 e. The van der Waals surface area contributed by atoms with Gasteiger partial charge in [-0.2, -0.15) is 0 Å². The highest BCUT2D eigenvalue weighted by Crippen LogP contribution is 2.39. The summed E-state index contributed by atoms with van der Waals surface area (Å²) in [5.41, 5.74) is 4.40. The highest BCUT2D eigenvalue weighted by molar-refractivity contribution is 6.35. The van der Waals surface area contributed by atoms with Crippen LogP contribution in [0.4, 0.5) is 0 Å². The molecule has 0 spiro atoms. The zero-order valence-corrected chi connectivity index (χ0v) is 18.5. The summed E-state index contributed by atoms with van der Waals surface area (Å²) in [6.45, 7) is 2.04. The van der Waals surface area contributed by atoms with E-state index in [1.165, 1.54) is 0 Å². The molecule has 5 atom stereocenters. The second kappa shape index (κ2) is 9.49. The molecule has 7 nitrogen and oxygen atoms in total. The topological polar surface area (TPSA) is 115 Å². The first kappa shape index (κ1) is 23.2. The van der Waals surface area contributed by atoms with Gasteiger partial charge in [-0.15, -0.1) is 0 Å². The number of hydrogen-bond acceptors (Lipinski definition) is 6. The first-order chi connectivity index (χ1) is 15.3. The molecule has 32 heavy (non-hydrogen) atoms.